The molecule has 1 aromatic carbocycles. The maximum atomic E-state index is 12.8. The lowest BCUT2D eigenvalue weighted by Crippen LogP contribution is -2.30. The molecule has 1 aliphatic rings. The number of carbonyl (C=O) groups excluding carboxylic acids is 3. The third-order valence-corrected chi connectivity index (χ3v) is 6.88. The van der Waals surface area contributed by atoms with Crippen molar-refractivity contribution in [3.05, 3.63) is 64.8 Å². The molecule has 0 spiro atoms. The summed E-state index contributed by atoms with van der Waals surface area (Å²) in [5.74, 6) is -0.496. The molecule has 188 valence electrons. The fraction of sp³-hybridized carbons (Fsp3) is 0.320. The number of benzene rings is 1. The summed E-state index contributed by atoms with van der Waals surface area (Å²) < 4.78 is 5.02. The van der Waals surface area contributed by atoms with E-state index in [4.69, 9.17) is 4.74 Å². The van der Waals surface area contributed by atoms with E-state index in [1.807, 2.05) is 49.3 Å². The smallest absolute Gasteiger partial charge is 0.333 e. The molecule has 3 heterocycles. The lowest BCUT2D eigenvalue weighted by molar-refractivity contribution is -0.141. The quantitative estimate of drug-likeness (QED) is 0.333. The van der Waals surface area contributed by atoms with Crippen molar-refractivity contribution in [2.75, 3.05) is 39.6 Å². The highest BCUT2D eigenvalue weighted by Gasteiger charge is 2.30. The summed E-state index contributed by atoms with van der Waals surface area (Å²) in [6, 6.07) is 8.51. The summed E-state index contributed by atoms with van der Waals surface area (Å²) in [4.78, 5) is 51.5. The molecule has 2 amide bonds. The van der Waals surface area contributed by atoms with Crippen LogP contribution in [0.2, 0.25) is 0 Å². The number of thiophene rings is 1. The van der Waals surface area contributed by atoms with Gasteiger partial charge in [0, 0.05) is 42.2 Å². The summed E-state index contributed by atoms with van der Waals surface area (Å²) in [6.07, 6.45) is 4.01. The van der Waals surface area contributed by atoms with Crippen LogP contribution < -0.4 is 10.6 Å². The molecule has 11 heteroatoms. The van der Waals surface area contributed by atoms with Crippen LogP contribution in [0, 0.1) is 0 Å². The van der Waals surface area contributed by atoms with Gasteiger partial charge in [0.15, 0.2) is 6.04 Å². The van der Waals surface area contributed by atoms with Crippen LogP contribution in [0.25, 0.3) is 10.2 Å². The Morgan fingerprint density at radius 3 is 2.67 bits per heavy atom. The predicted molar refractivity (Wildman–Crippen MR) is 137 cm³/mol. The molecule has 0 fully saturated rings. The van der Waals surface area contributed by atoms with Crippen LogP contribution in [0.1, 0.15) is 22.0 Å². The number of esters is 1. The average Bonchev–Trinajstić information content (AvgIpc) is 3.44. The van der Waals surface area contributed by atoms with Gasteiger partial charge >= 0.3 is 5.97 Å². The number of fused-ring (bicyclic) bond motifs is 3. The number of rotatable bonds is 9. The second-order valence-corrected chi connectivity index (χ2v) is 9.62. The SMILES string of the molecule is COC(=O)[C@@H](Nc1ncnc2sc3c(c12)CN(C(=O)/C=C/C(=O)NCCN(C)C)C3)c1ccccc1. The molecule has 0 saturated heterocycles. The van der Waals surface area contributed by atoms with Crippen molar-refractivity contribution in [2.45, 2.75) is 19.1 Å². The standard InChI is InChI=1S/C25H28N6O4S/c1-30(2)12-11-26-19(32)9-10-20(33)31-13-17-18(14-31)36-24-21(17)23(27-15-28-24)29-22(25(34)35-3)16-7-5-4-6-8-16/h4-10,15,22H,11-14H2,1-3H3,(H,26,32)(H,27,28,29)/b10-9+/t22-/m0/s1. The molecule has 0 aliphatic carbocycles. The Morgan fingerprint density at radius 2 is 1.94 bits per heavy atom. The first kappa shape index (κ1) is 25.3. The van der Waals surface area contributed by atoms with Crippen LogP contribution >= 0.6 is 11.3 Å². The van der Waals surface area contributed by atoms with Gasteiger partial charge in [0.05, 0.1) is 19.0 Å². The number of hydrogen-bond donors (Lipinski definition) is 2. The molecule has 10 nitrogen and oxygen atoms in total. The molecule has 2 aromatic heterocycles. The Labute approximate surface area is 213 Å². The normalized spacial score (nSPS) is 13.7. The monoisotopic (exact) mass is 508 g/mol. The van der Waals surface area contributed by atoms with E-state index in [2.05, 4.69) is 20.6 Å². The van der Waals surface area contributed by atoms with Gasteiger partial charge < -0.3 is 25.2 Å². The number of ether oxygens (including phenoxy) is 1. The first-order chi connectivity index (χ1) is 17.4. The fourth-order valence-electron chi connectivity index (χ4n) is 3.91. The predicted octanol–water partition coefficient (Wildman–Crippen LogP) is 2.09. The highest BCUT2D eigenvalue weighted by molar-refractivity contribution is 7.19. The molecular formula is C25H28N6O4S. The lowest BCUT2D eigenvalue weighted by atomic mass is 10.1. The number of nitrogens with one attached hydrogen (secondary N) is 2. The third kappa shape index (κ3) is 5.69. The van der Waals surface area contributed by atoms with Gasteiger partial charge in [0.25, 0.3) is 0 Å². The Kier molecular flexibility index (Phi) is 7.91. The maximum absolute atomic E-state index is 12.8. The van der Waals surface area contributed by atoms with Crippen molar-refractivity contribution in [3.8, 4) is 0 Å². The number of amides is 2. The van der Waals surface area contributed by atoms with E-state index in [1.165, 1.54) is 36.9 Å². The van der Waals surface area contributed by atoms with Gasteiger partial charge in [-0.2, -0.15) is 0 Å². The lowest BCUT2D eigenvalue weighted by Gasteiger charge is -2.18. The van der Waals surface area contributed by atoms with Crippen molar-refractivity contribution in [3.63, 3.8) is 0 Å². The molecule has 36 heavy (non-hydrogen) atoms. The van der Waals surface area contributed by atoms with E-state index >= 15 is 0 Å². The van der Waals surface area contributed by atoms with Crippen molar-refractivity contribution in [1.82, 2.24) is 25.1 Å². The van der Waals surface area contributed by atoms with Crippen LogP contribution in [-0.2, 0) is 32.2 Å². The van der Waals surface area contributed by atoms with Crippen molar-refractivity contribution < 1.29 is 19.1 Å². The molecule has 2 N–H and O–H groups in total. The zero-order valence-corrected chi connectivity index (χ0v) is 21.2. The van der Waals surface area contributed by atoms with Gasteiger partial charge in [-0.05, 0) is 19.7 Å². The van der Waals surface area contributed by atoms with Gasteiger partial charge in [0.2, 0.25) is 11.8 Å². The highest BCUT2D eigenvalue weighted by atomic mass is 32.1. The Bertz CT molecular complexity index is 1290. The van der Waals surface area contributed by atoms with Gasteiger partial charge in [-0.3, -0.25) is 9.59 Å². The number of nitrogens with zero attached hydrogens (tertiary/aromatic N) is 4. The molecule has 0 saturated carbocycles. The van der Waals surface area contributed by atoms with E-state index < -0.39 is 12.0 Å². The fourth-order valence-corrected chi connectivity index (χ4v) is 5.07. The average molecular weight is 509 g/mol. The molecule has 4 rings (SSSR count). The molecular weight excluding hydrogens is 480 g/mol. The second-order valence-electron chi connectivity index (χ2n) is 8.54. The summed E-state index contributed by atoms with van der Waals surface area (Å²) >= 11 is 1.49. The van der Waals surface area contributed by atoms with Gasteiger partial charge in [-0.15, -0.1) is 11.3 Å². The number of likely N-dealkylation sites (N-methyl/N-ethyl adjacent to an activating group) is 1. The summed E-state index contributed by atoms with van der Waals surface area (Å²) in [5, 5.41) is 6.75. The van der Waals surface area contributed by atoms with Crippen molar-refractivity contribution >= 4 is 45.2 Å². The maximum Gasteiger partial charge on any atom is 0.333 e. The largest absolute Gasteiger partial charge is 0.467 e. The van der Waals surface area contributed by atoms with Crippen molar-refractivity contribution in [2.24, 2.45) is 0 Å². The number of carbonyl (C=O) groups is 3. The van der Waals surface area contributed by atoms with Crippen LogP contribution in [-0.4, -0.2) is 71.8 Å². The minimum atomic E-state index is -0.752. The summed E-state index contributed by atoms with van der Waals surface area (Å²) in [6.45, 7) is 1.99. The Morgan fingerprint density at radius 1 is 1.17 bits per heavy atom. The molecule has 0 unspecified atom stereocenters. The number of aromatic nitrogens is 2. The van der Waals surface area contributed by atoms with Crippen LogP contribution in [0.15, 0.2) is 48.8 Å². The Hall–Kier alpha value is -3.83. The molecule has 0 bridgehead atoms. The van der Waals surface area contributed by atoms with E-state index in [-0.39, 0.29) is 11.8 Å². The van der Waals surface area contributed by atoms with Crippen molar-refractivity contribution in [1.29, 1.82) is 0 Å². The molecule has 0 radical (unpaired) electrons. The zero-order valence-electron chi connectivity index (χ0n) is 20.4. The number of methoxy groups -OCH3 is 1. The first-order valence-corrected chi connectivity index (χ1v) is 12.2. The topological polar surface area (TPSA) is 117 Å². The molecule has 1 aliphatic heterocycles. The van der Waals surface area contributed by atoms with E-state index in [0.717, 1.165) is 26.2 Å². The highest BCUT2D eigenvalue weighted by Crippen LogP contribution is 2.40. The van der Waals surface area contributed by atoms with Crippen LogP contribution in [0.5, 0.6) is 0 Å². The minimum absolute atomic E-state index is 0.252. The van der Waals surface area contributed by atoms with E-state index in [0.29, 0.717) is 32.0 Å². The van der Waals surface area contributed by atoms with E-state index in [1.54, 1.807) is 4.90 Å². The molecule has 1 atom stereocenters. The van der Waals surface area contributed by atoms with Gasteiger partial charge in [-0.25, -0.2) is 14.8 Å². The first-order valence-electron chi connectivity index (χ1n) is 11.4. The van der Waals surface area contributed by atoms with Crippen LogP contribution in [0.3, 0.4) is 0 Å². The van der Waals surface area contributed by atoms with Gasteiger partial charge in [-0.1, -0.05) is 30.3 Å². The zero-order chi connectivity index (χ0) is 25.7. The number of anilines is 1. The Balaban J connectivity index is 1.51. The molecule has 3 aromatic rings. The summed E-state index contributed by atoms with van der Waals surface area (Å²) in [7, 11) is 5.19. The second kappa shape index (κ2) is 11.3. The third-order valence-electron chi connectivity index (χ3n) is 5.75. The van der Waals surface area contributed by atoms with Crippen LogP contribution in [0.4, 0.5) is 5.82 Å². The summed E-state index contributed by atoms with van der Waals surface area (Å²) in [5.41, 5.74) is 1.68. The minimum Gasteiger partial charge on any atom is -0.467 e. The van der Waals surface area contributed by atoms with Gasteiger partial charge in [0.1, 0.15) is 17.0 Å². The van der Waals surface area contributed by atoms with E-state index in [9.17, 15) is 14.4 Å². The number of hydrogen-bond acceptors (Lipinski definition) is 9.